The molecule has 158 valence electrons. The highest BCUT2D eigenvalue weighted by atomic mass is 19.1. The average Bonchev–Trinajstić information content (AvgIpc) is 3.12. The summed E-state index contributed by atoms with van der Waals surface area (Å²) < 4.78 is 20.1. The molecule has 0 spiro atoms. The fourth-order valence-corrected chi connectivity index (χ4v) is 3.05. The number of benzene rings is 1. The van der Waals surface area contributed by atoms with Gasteiger partial charge in [-0.15, -0.1) is 0 Å². The summed E-state index contributed by atoms with van der Waals surface area (Å²) >= 11 is 0. The SMILES string of the molecule is CCN(CC)CCOC(=O)c1ccc(NC(=O)Cc2cn3cc(F)ccc3n2)cc1. The summed E-state index contributed by atoms with van der Waals surface area (Å²) in [6.07, 6.45) is 2.98. The lowest BCUT2D eigenvalue weighted by Crippen LogP contribution is -2.27. The van der Waals surface area contributed by atoms with Gasteiger partial charge in [-0.05, 0) is 49.5 Å². The van der Waals surface area contributed by atoms with Gasteiger partial charge in [-0.25, -0.2) is 14.2 Å². The third-order valence-corrected chi connectivity index (χ3v) is 4.75. The molecule has 0 unspecified atom stereocenters. The van der Waals surface area contributed by atoms with Crippen LogP contribution in [0, 0.1) is 5.82 Å². The first kappa shape index (κ1) is 21.4. The van der Waals surface area contributed by atoms with Crippen LogP contribution in [0.5, 0.6) is 0 Å². The topological polar surface area (TPSA) is 75.9 Å². The van der Waals surface area contributed by atoms with Gasteiger partial charge >= 0.3 is 5.97 Å². The Morgan fingerprint density at radius 3 is 2.53 bits per heavy atom. The van der Waals surface area contributed by atoms with E-state index in [1.165, 1.54) is 12.3 Å². The molecule has 0 aliphatic rings. The lowest BCUT2D eigenvalue weighted by atomic mass is 10.2. The number of esters is 1. The van der Waals surface area contributed by atoms with Crippen LogP contribution in [0.4, 0.5) is 10.1 Å². The molecule has 3 aromatic rings. The predicted molar refractivity (Wildman–Crippen MR) is 112 cm³/mol. The Morgan fingerprint density at radius 1 is 1.10 bits per heavy atom. The number of amides is 1. The van der Waals surface area contributed by atoms with E-state index in [0.29, 0.717) is 35.7 Å². The van der Waals surface area contributed by atoms with Gasteiger partial charge in [0.1, 0.15) is 18.1 Å². The third-order valence-electron chi connectivity index (χ3n) is 4.75. The maximum Gasteiger partial charge on any atom is 0.338 e. The number of halogens is 1. The third kappa shape index (κ3) is 5.64. The Kier molecular flexibility index (Phi) is 7.13. The van der Waals surface area contributed by atoms with Crippen molar-refractivity contribution in [2.75, 3.05) is 31.6 Å². The molecule has 0 atom stereocenters. The molecule has 2 heterocycles. The zero-order chi connectivity index (χ0) is 21.5. The molecule has 1 aromatic carbocycles. The quantitative estimate of drug-likeness (QED) is 0.547. The molecule has 0 saturated heterocycles. The smallest absolute Gasteiger partial charge is 0.338 e. The molecule has 30 heavy (non-hydrogen) atoms. The van der Waals surface area contributed by atoms with Crippen LogP contribution in [-0.4, -0.2) is 52.4 Å². The van der Waals surface area contributed by atoms with Crippen molar-refractivity contribution in [3.8, 4) is 0 Å². The first-order chi connectivity index (χ1) is 14.5. The van der Waals surface area contributed by atoms with Crippen LogP contribution in [0.1, 0.15) is 29.9 Å². The first-order valence-electron chi connectivity index (χ1n) is 9.91. The second kappa shape index (κ2) is 9.98. The lowest BCUT2D eigenvalue weighted by Gasteiger charge is -2.17. The fourth-order valence-electron chi connectivity index (χ4n) is 3.05. The van der Waals surface area contributed by atoms with Gasteiger partial charge in [0.25, 0.3) is 0 Å². The van der Waals surface area contributed by atoms with Crippen molar-refractivity contribution in [3.63, 3.8) is 0 Å². The molecule has 7 nitrogen and oxygen atoms in total. The number of hydrogen-bond acceptors (Lipinski definition) is 5. The van der Waals surface area contributed by atoms with E-state index in [4.69, 9.17) is 4.74 Å². The molecule has 1 N–H and O–H groups in total. The molecule has 0 aliphatic heterocycles. The molecular formula is C22H25FN4O3. The summed E-state index contributed by atoms with van der Waals surface area (Å²) in [5, 5.41) is 2.76. The zero-order valence-electron chi connectivity index (χ0n) is 17.1. The van der Waals surface area contributed by atoms with Crippen molar-refractivity contribution in [2.24, 2.45) is 0 Å². The van der Waals surface area contributed by atoms with Gasteiger partial charge in [-0.3, -0.25) is 4.79 Å². The normalized spacial score (nSPS) is 11.1. The standard InChI is InChI=1S/C22H25FN4O3/c1-3-26(4-2)11-12-30-22(29)16-5-8-18(9-6-16)25-21(28)13-19-15-27-14-17(23)7-10-20(27)24-19/h5-10,14-15H,3-4,11-13H2,1-2H3,(H,25,28). The van der Waals surface area contributed by atoms with Crippen molar-refractivity contribution in [2.45, 2.75) is 20.3 Å². The number of hydrogen-bond donors (Lipinski definition) is 1. The van der Waals surface area contributed by atoms with Crippen LogP contribution in [0.15, 0.2) is 48.8 Å². The number of nitrogens with zero attached hydrogens (tertiary/aromatic N) is 3. The lowest BCUT2D eigenvalue weighted by molar-refractivity contribution is -0.115. The van der Waals surface area contributed by atoms with Gasteiger partial charge < -0.3 is 19.4 Å². The Bertz CT molecular complexity index is 1010. The van der Waals surface area contributed by atoms with Crippen LogP contribution >= 0.6 is 0 Å². The molecule has 2 aromatic heterocycles. The highest BCUT2D eigenvalue weighted by molar-refractivity contribution is 5.93. The molecule has 0 aliphatic carbocycles. The number of anilines is 1. The van der Waals surface area contributed by atoms with Crippen LogP contribution in [-0.2, 0) is 16.0 Å². The molecule has 0 radical (unpaired) electrons. The highest BCUT2D eigenvalue weighted by Crippen LogP contribution is 2.12. The Hall–Kier alpha value is -3.26. The summed E-state index contributed by atoms with van der Waals surface area (Å²) in [4.78, 5) is 30.9. The Balaban J connectivity index is 1.51. The van der Waals surface area contributed by atoms with E-state index in [9.17, 15) is 14.0 Å². The second-order valence-electron chi connectivity index (χ2n) is 6.81. The van der Waals surface area contributed by atoms with Gasteiger partial charge in [0.15, 0.2) is 0 Å². The number of ether oxygens (including phenoxy) is 1. The fraction of sp³-hybridized carbons (Fsp3) is 0.318. The number of carbonyl (C=O) groups is 2. The maximum atomic E-state index is 13.3. The number of aromatic nitrogens is 2. The molecule has 1 amide bonds. The van der Waals surface area contributed by atoms with Gasteiger partial charge in [0, 0.05) is 24.6 Å². The van der Waals surface area contributed by atoms with Crippen LogP contribution in [0.3, 0.4) is 0 Å². The second-order valence-corrected chi connectivity index (χ2v) is 6.81. The number of carbonyl (C=O) groups excluding carboxylic acids is 2. The van der Waals surface area contributed by atoms with Gasteiger partial charge in [0.05, 0.1) is 17.7 Å². The van der Waals surface area contributed by atoms with E-state index in [2.05, 4.69) is 29.0 Å². The van der Waals surface area contributed by atoms with Gasteiger partial charge in [-0.1, -0.05) is 13.8 Å². The van der Waals surface area contributed by atoms with Crippen LogP contribution in [0.25, 0.3) is 5.65 Å². The molecule has 8 heteroatoms. The minimum Gasteiger partial charge on any atom is -0.461 e. The Morgan fingerprint density at radius 2 is 1.83 bits per heavy atom. The molecular weight excluding hydrogens is 387 g/mol. The summed E-state index contributed by atoms with van der Waals surface area (Å²) in [5.74, 6) is -1.02. The number of fused-ring (bicyclic) bond motifs is 1. The van der Waals surface area contributed by atoms with E-state index in [1.807, 2.05) is 0 Å². The van der Waals surface area contributed by atoms with Gasteiger partial charge in [0.2, 0.25) is 5.91 Å². The molecule has 0 bridgehead atoms. The Labute approximate surface area is 174 Å². The van der Waals surface area contributed by atoms with Crippen molar-refractivity contribution in [1.82, 2.24) is 14.3 Å². The molecule has 0 fully saturated rings. The monoisotopic (exact) mass is 412 g/mol. The summed E-state index contributed by atoms with van der Waals surface area (Å²) in [5.41, 5.74) is 2.10. The maximum absolute atomic E-state index is 13.3. The number of rotatable bonds is 9. The van der Waals surface area contributed by atoms with Crippen molar-refractivity contribution in [3.05, 3.63) is 65.9 Å². The average molecular weight is 412 g/mol. The summed E-state index contributed by atoms with van der Waals surface area (Å²) in [6, 6.07) is 9.40. The molecule has 3 rings (SSSR count). The first-order valence-corrected chi connectivity index (χ1v) is 9.91. The largest absolute Gasteiger partial charge is 0.461 e. The van der Waals surface area contributed by atoms with E-state index in [0.717, 1.165) is 13.1 Å². The van der Waals surface area contributed by atoms with Crippen LogP contribution < -0.4 is 5.32 Å². The van der Waals surface area contributed by atoms with Crippen molar-refractivity contribution in [1.29, 1.82) is 0 Å². The van der Waals surface area contributed by atoms with Crippen molar-refractivity contribution < 1.29 is 18.7 Å². The van der Waals surface area contributed by atoms with E-state index >= 15 is 0 Å². The molecule has 0 saturated carbocycles. The van der Waals surface area contributed by atoms with Gasteiger partial charge in [-0.2, -0.15) is 0 Å². The minimum atomic E-state index is -0.392. The number of likely N-dealkylation sites (N-methyl/N-ethyl adjacent to an activating group) is 1. The van der Waals surface area contributed by atoms with Crippen molar-refractivity contribution >= 4 is 23.2 Å². The summed E-state index contributed by atoms with van der Waals surface area (Å²) in [7, 11) is 0. The van der Waals surface area contributed by atoms with Crippen LogP contribution in [0.2, 0.25) is 0 Å². The number of pyridine rings is 1. The van der Waals surface area contributed by atoms with E-state index in [-0.39, 0.29) is 18.1 Å². The summed E-state index contributed by atoms with van der Waals surface area (Å²) in [6.45, 7) is 6.98. The van der Waals surface area contributed by atoms with E-state index < -0.39 is 5.97 Å². The minimum absolute atomic E-state index is 0.0540. The predicted octanol–water partition coefficient (Wildman–Crippen LogP) is 3.15. The number of nitrogens with one attached hydrogen (secondary N) is 1. The van der Waals surface area contributed by atoms with E-state index in [1.54, 1.807) is 40.9 Å². The number of imidazole rings is 1. The zero-order valence-corrected chi connectivity index (χ0v) is 17.1. The highest BCUT2D eigenvalue weighted by Gasteiger charge is 2.11.